The SMILES string of the molecule is O=C(Cc1c(Cl)cccc1Cl)NCc1ccc(CN2CCCC2)cc1. The summed E-state index contributed by atoms with van der Waals surface area (Å²) in [5, 5.41) is 3.97. The molecule has 0 saturated carbocycles. The predicted molar refractivity (Wildman–Crippen MR) is 103 cm³/mol. The summed E-state index contributed by atoms with van der Waals surface area (Å²) in [7, 11) is 0. The molecule has 0 radical (unpaired) electrons. The minimum absolute atomic E-state index is 0.0869. The van der Waals surface area contributed by atoms with Gasteiger partial charge in [0.15, 0.2) is 0 Å². The highest BCUT2D eigenvalue weighted by Crippen LogP contribution is 2.24. The lowest BCUT2D eigenvalue weighted by Gasteiger charge is -2.14. The Morgan fingerprint density at radius 2 is 1.56 bits per heavy atom. The second kappa shape index (κ2) is 8.70. The van der Waals surface area contributed by atoms with Gasteiger partial charge in [-0.15, -0.1) is 0 Å². The maximum Gasteiger partial charge on any atom is 0.224 e. The minimum atomic E-state index is -0.0869. The first-order valence-corrected chi connectivity index (χ1v) is 9.37. The smallest absolute Gasteiger partial charge is 0.224 e. The molecule has 2 aromatic carbocycles. The van der Waals surface area contributed by atoms with Crippen LogP contribution in [0.1, 0.15) is 29.5 Å². The second-order valence-corrected chi connectivity index (χ2v) is 7.27. The van der Waals surface area contributed by atoms with Crippen LogP contribution in [0.5, 0.6) is 0 Å². The molecule has 0 aliphatic carbocycles. The predicted octanol–water partition coefficient (Wildman–Crippen LogP) is 4.45. The van der Waals surface area contributed by atoms with Gasteiger partial charge in [0.05, 0.1) is 6.42 Å². The Morgan fingerprint density at radius 3 is 2.20 bits per heavy atom. The van der Waals surface area contributed by atoms with Gasteiger partial charge in [0.1, 0.15) is 0 Å². The third-order valence-electron chi connectivity index (χ3n) is 4.52. The van der Waals surface area contributed by atoms with Crippen molar-refractivity contribution >= 4 is 29.1 Å². The molecule has 3 rings (SSSR count). The molecule has 1 N–H and O–H groups in total. The molecule has 0 atom stereocenters. The van der Waals surface area contributed by atoms with Gasteiger partial charge in [0.25, 0.3) is 0 Å². The van der Waals surface area contributed by atoms with E-state index in [1.165, 1.54) is 31.5 Å². The van der Waals surface area contributed by atoms with Gasteiger partial charge in [-0.2, -0.15) is 0 Å². The molecule has 0 unspecified atom stereocenters. The van der Waals surface area contributed by atoms with Crippen LogP contribution in [0, 0.1) is 0 Å². The highest BCUT2D eigenvalue weighted by atomic mass is 35.5. The van der Waals surface area contributed by atoms with Crippen molar-refractivity contribution in [2.75, 3.05) is 13.1 Å². The zero-order valence-electron chi connectivity index (χ0n) is 14.1. The molecular weight excluding hydrogens is 355 g/mol. The molecule has 25 heavy (non-hydrogen) atoms. The highest BCUT2D eigenvalue weighted by Gasteiger charge is 2.12. The van der Waals surface area contributed by atoms with Crippen LogP contribution in [-0.4, -0.2) is 23.9 Å². The fraction of sp³-hybridized carbons (Fsp3) is 0.350. The lowest BCUT2D eigenvalue weighted by molar-refractivity contribution is -0.120. The van der Waals surface area contributed by atoms with Crippen molar-refractivity contribution in [3.63, 3.8) is 0 Å². The first-order chi connectivity index (χ1) is 12.1. The summed E-state index contributed by atoms with van der Waals surface area (Å²) in [5.74, 6) is -0.0869. The van der Waals surface area contributed by atoms with Gasteiger partial charge in [-0.3, -0.25) is 9.69 Å². The molecule has 0 spiro atoms. The van der Waals surface area contributed by atoms with E-state index >= 15 is 0 Å². The van der Waals surface area contributed by atoms with Gasteiger partial charge in [-0.1, -0.05) is 53.5 Å². The van der Waals surface area contributed by atoms with E-state index in [0.29, 0.717) is 22.2 Å². The van der Waals surface area contributed by atoms with E-state index in [4.69, 9.17) is 23.2 Å². The van der Waals surface area contributed by atoms with Gasteiger partial charge in [-0.05, 0) is 54.8 Å². The van der Waals surface area contributed by atoms with E-state index in [9.17, 15) is 4.79 Å². The summed E-state index contributed by atoms with van der Waals surface area (Å²) in [4.78, 5) is 14.6. The number of carbonyl (C=O) groups excluding carboxylic acids is 1. The van der Waals surface area contributed by atoms with Crippen molar-refractivity contribution in [1.82, 2.24) is 10.2 Å². The summed E-state index contributed by atoms with van der Waals surface area (Å²) >= 11 is 12.2. The number of carbonyl (C=O) groups is 1. The number of halogens is 2. The zero-order chi connectivity index (χ0) is 17.6. The number of rotatable bonds is 6. The number of nitrogens with one attached hydrogen (secondary N) is 1. The molecule has 132 valence electrons. The van der Waals surface area contributed by atoms with E-state index in [1.807, 2.05) is 0 Å². The van der Waals surface area contributed by atoms with E-state index in [-0.39, 0.29) is 12.3 Å². The van der Waals surface area contributed by atoms with E-state index in [0.717, 1.165) is 12.1 Å². The molecule has 1 amide bonds. The van der Waals surface area contributed by atoms with Crippen molar-refractivity contribution in [2.45, 2.75) is 32.4 Å². The number of likely N-dealkylation sites (tertiary alicyclic amines) is 1. The van der Waals surface area contributed by atoms with Gasteiger partial charge < -0.3 is 5.32 Å². The van der Waals surface area contributed by atoms with Crippen LogP contribution >= 0.6 is 23.2 Å². The van der Waals surface area contributed by atoms with Crippen molar-refractivity contribution < 1.29 is 4.79 Å². The average Bonchev–Trinajstić information content (AvgIpc) is 3.11. The molecule has 1 aliphatic rings. The molecule has 2 aromatic rings. The van der Waals surface area contributed by atoms with Crippen LogP contribution in [0.3, 0.4) is 0 Å². The topological polar surface area (TPSA) is 32.3 Å². The molecule has 0 bridgehead atoms. The largest absolute Gasteiger partial charge is 0.352 e. The summed E-state index contributed by atoms with van der Waals surface area (Å²) in [5.41, 5.74) is 3.08. The molecule has 1 heterocycles. The van der Waals surface area contributed by atoms with Crippen LogP contribution in [0.15, 0.2) is 42.5 Å². The molecule has 1 aliphatic heterocycles. The van der Waals surface area contributed by atoms with Crippen LogP contribution in [0.4, 0.5) is 0 Å². The third-order valence-corrected chi connectivity index (χ3v) is 5.22. The summed E-state index contributed by atoms with van der Waals surface area (Å²) in [6.07, 6.45) is 2.80. The van der Waals surface area contributed by atoms with Crippen molar-refractivity contribution in [3.05, 3.63) is 69.2 Å². The Morgan fingerprint density at radius 1 is 0.960 bits per heavy atom. The van der Waals surface area contributed by atoms with Crippen molar-refractivity contribution in [3.8, 4) is 0 Å². The monoisotopic (exact) mass is 376 g/mol. The first kappa shape index (κ1) is 18.2. The number of hydrogen-bond acceptors (Lipinski definition) is 2. The maximum atomic E-state index is 12.2. The Bertz CT molecular complexity index is 705. The summed E-state index contributed by atoms with van der Waals surface area (Å²) < 4.78 is 0. The fourth-order valence-corrected chi connectivity index (χ4v) is 3.62. The molecular formula is C20H22Cl2N2O. The molecule has 5 heteroatoms. The number of hydrogen-bond donors (Lipinski definition) is 1. The van der Waals surface area contributed by atoms with Crippen LogP contribution in [-0.2, 0) is 24.3 Å². The third kappa shape index (κ3) is 5.21. The number of amides is 1. The first-order valence-electron chi connectivity index (χ1n) is 8.61. The van der Waals surface area contributed by atoms with Crippen molar-refractivity contribution in [1.29, 1.82) is 0 Å². The second-order valence-electron chi connectivity index (χ2n) is 6.45. The Balaban J connectivity index is 1.50. The highest BCUT2D eigenvalue weighted by molar-refractivity contribution is 6.36. The van der Waals surface area contributed by atoms with E-state index < -0.39 is 0 Å². The van der Waals surface area contributed by atoms with Crippen LogP contribution < -0.4 is 5.32 Å². The Labute approximate surface area is 158 Å². The molecule has 0 aromatic heterocycles. The molecule has 1 saturated heterocycles. The van der Waals surface area contributed by atoms with E-state index in [2.05, 4.69) is 34.5 Å². The summed E-state index contributed by atoms with van der Waals surface area (Å²) in [6, 6.07) is 13.7. The maximum absolute atomic E-state index is 12.2. The minimum Gasteiger partial charge on any atom is -0.352 e. The van der Waals surface area contributed by atoms with Crippen molar-refractivity contribution in [2.24, 2.45) is 0 Å². The quantitative estimate of drug-likeness (QED) is 0.807. The fourth-order valence-electron chi connectivity index (χ4n) is 3.09. The normalized spacial score (nSPS) is 14.6. The lowest BCUT2D eigenvalue weighted by Crippen LogP contribution is -2.24. The molecule has 1 fully saturated rings. The van der Waals surface area contributed by atoms with Crippen LogP contribution in [0.2, 0.25) is 10.0 Å². The standard InChI is InChI=1S/C20H22Cl2N2O/c21-18-4-3-5-19(22)17(18)12-20(25)23-13-15-6-8-16(9-7-15)14-24-10-1-2-11-24/h3-9H,1-2,10-14H2,(H,23,25). The Kier molecular flexibility index (Phi) is 6.35. The zero-order valence-corrected chi connectivity index (χ0v) is 15.6. The molecule has 3 nitrogen and oxygen atoms in total. The Hall–Kier alpha value is -1.55. The lowest BCUT2D eigenvalue weighted by atomic mass is 10.1. The summed E-state index contributed by atoms with van der Waals surface area (Å²) in [6.45, 7) is 3.91. The van der Waals surface area contributed by atoms with Crippen LogP contribution in [0.25, 0.3) is 0 Å². The van der Waals surface area contributed by atoms with Gasteiger partial charge in [0, 0.05) is 23.1 Å². The number of benzene rings is 2. The van der Waals surface area contributed by atoms with Gasteiger partial charge in [0.2, 0.25) is 5.91 Å². The van der Waals surface area contributed by atoms with Gasteiger partial charge >= 0.3 is 0 Å². The van der Waals surface area contributed by atoms with E-state index in [1.54, 1.807) is 18.2 Å². The average molecular weight is 377 g/mol. The number of nitrogens with zero attached hydrogens (tertiary/aromatic N) is 1. The van der Waals surface area contributed by atoms with Gasteiger partial charge in [-0.25, -0.2) is 0 Å².